The molecule has 1 heterocycles. The van der Waals surface area contributed by atoms with Crippen LogP contribution in [0.15, 0.2) is 53.7 Å². The SMILES string of the molecule is COC(=O)C1=C(C)N(c2ccc(OC)cc2)C(=O)N[C@H]1c1ccc(F)c(F)c1. The number of carbonyl (C=O) groups is 2. The molecule has 0 aliphatic carbocycles. The second-order valence-corrected chi connectivity index (χ2v) is 6.08. The summed E-state index contributed by atoms with van der Waals surface area (Å²) < 4.78 is 37.0. The summed E-state index contributed by atoms with van der Waals surface area (Å²) in [6.07, 6.45) is 0. The molecule has 2 aromatic rings. The molecule has 1 atom stereocenters. The third-order valence-corrected chi connectivity index (χ3v) is 4.50. The molecule has 0 bridgehead atoms. The zero-order valence-corrected chi connectivity index (χ0v) is 15.5. The third-order valence-electron chi connectivity index (χ3n) is 4.50. The van der Waals surface area contributed by atoms with E-state index in [0.717, 1.165) is 12.1 Å². The van der Waals surface area contributed by atoms with Gasteiger partial charge >= 0.3 is 12.0 Å². The first kappa shape index (κ1) is 19.3. The van der Waals surface area contributed by atoms with Crippen molar-refractivity contribution in [1.82, 2.24) is 5.32 Å². The standard InChI is InChI=1S/C20H18F2N2O4/c1-11-17(19(25)28-3)18(12-4-9-15(21)16(22)10-12)23-20(26)24(11)13-5-7-14(27-2)8-6-13/h4-10,18H,1-3H3,(H,23,26)/t18-/m0/s1. The number of nitrogens with zero attached hydrogens (tertiary/aromatic N) is 1. The van der Waals surface area contributed by atoms with Gasteiger partial charge in [-0.15, -0.1) is 0 Å². The molecule has 0 saturated carbocycles. The van der Waals surface area contributed by atoms with Crippen LogP contribution in [-0.4, -0.2) is 26.2 Å². The van der Waals surface area contributed by atoms with Gasteiger partial charge in [-0.2, -0.15) is 0 Å². The summed E-state index contributed by atoms with van der Waals surface area (Å²) in [6.45, 7) is 1.59. The first-order valence-corrected chi connectivity index (χ1v) is 8.36. The third kappa shape index (κ3) is 3.40. The maximum absolute atomic E-state index is 13.7. The van der Waals surface area contributed by atoms with Gasteiger partial charge in [0, 0.05) is 5.70 Å². The minimum absolute atomic E-state index is 0.115. The Labute approximate surface area is 160 Å². The molecule has 0 fully saturated rings. The van der Waals surface area contributed by atoms with E-state index >= 15 is 0 Å². The summed E-state index contributed by atoms with van der Waals surface area (Å²) in [5, 5.41) is 2.66. The second-order valence-electron chi connectivity index (χ2n) is 6.08. The lowest BCUT2D eigenvalue weighted by molar-refractivity contribution is -0.136. The molecule has 28 heavy (non-hydrogen) atoms. The van der Waals surface area contributed by atoms with Crippen molar-refractivity contribution < 1.29 is 27.8 Å². The molecule has 146 valence electrons. The molecule has 2 aromatic carbocycles. The molecule has 1 N–H and O–H groups in total. The van der Waals surface area contributed by atoms with Gasteiger partial charge in [0.1, 0.15) is 5.75 Å². The van der Waals surface area contributed by atoms with Crippen molar-refractivity contribution in [3.63, 3.8) is 0 Å². The number of anilines is 1. The summed E-state index contributed by atoms with van der Waals surface area (Å²) >= 11 is 0. The van der Waals surface area contributed by atoms with Crippen LogP contribution in [-0.2, 0) is 9.53 Å². The number of halogens is 2. The van der Waals surface area contributed by atoms with Crippen LogP contribution in [0.3, 0.4) is 0 Å². The molecular weight excluding hydrogens is 370 g/mol. The van der Waals surface area contributed by atoms with Crippen LogP contribution in [0, 0.1) is 11.6 Å². The number of amides is 2. The highest BCUT2D eigenvalue weighted by atomic mass is 19.2. The van der Waals surface area contributed by atoms with Crippen molar-refractivity contribution in [2.45, 2.75) is 13.0 Å². The molecule has 1 aliphatic rings. The first-order valence-electron chi connectivity index (χ1n) is 8.36. The highest BCUT2D eigenvalue weighted by Gasteiger charge is 2.37. The summed E-state index contributed by atoms with van der Waals surface area (Å²) in [4.78, 5) is 26.5. The van der Waals surface area contributed by atoms with Gasteiger partial charge in [0.15, 0.2) is 11.6 Å². The quantitative estimate of drug-likeness (QED) is 0.812. The zero-order chi connectivity index (χ0) is 20.4. The molecule has 3 rings (SSSR count). The number of methoxy groups -OCH3 is 2. The van der Waals surface area contributed by atoms with E-state index in [2.05, 4.69) is 5.32 Å². The number of rotatable bonds is 4. The summed E-state index contributed by atoms with van der Waals surface area (Å²) in [5.74, 6) is -2.18. The topological polar surface area (TPSA) is 67.9 Å². The largest absolute Gasteiger partial charge is 0.497 e. The van der Waals surface area contributed by atoms with Gasteiger partial charge in [-0.25, -0.2) is 18.4 Å². The Bertz CT molecular complexity index is 957. The Balaban J connectivity index is 2.11. The molecule has 8 heteroatoms. The Morgan fingerprint density at radius 2 is 1.75 bits per heavy atom. The van der Waals surface area contributed by atoms with E-state index < -0.39 is 29.7 Å². The number of nitrogens with one attached hydrogen (secondary N) is 1. The van der Waals surface area contributed by atoms with Gasteiger partial charge in [0.25, 0.3) is 0 Å². The first-order chi connectivity index (χ1) is 13.4. The maximum atomic E-state index is 13.7. The minimum atomic E-state index is -1.08. The fourth-order valence-electron chi connectivity index (χ4n) is 3.10. The number of esters is 1. The summed E-state index contributed by atoms with van der Waals surface area (Å²) in [5.41, 5.74) is 1.15. The predicted octanol–water partition coefficient (Wildman–Crippen LogP) is 3.69. The molecule has 0 aromatic heterocycles. The number of ether oxygens (including phenoxy) is 2. The lowest BCUT2D eigenvalue weighted by atomic mass is 9.94. The Hall–Kier alpha value is -3.42. The molecule has 1 aliphatic heterocycles. The highest BCUT2D eigenvalue weighted by molar-refractivity contribution is 6.03. The van der Waals surface area contributed by atoms with Crippen LogP contribution in [0.5, 0.6) is 5.75 Å². The van der Waals surface area contributed by atoms with E-state index in [1.165, 1.54) is 25.2 Å². The van der Waals surface area contributed by atoms with Crippen LogP contribution in [0.25, 0.3) is 0 Å². The van der Waals surface area contributed by atoms with Crippen LogP contribution in [0.1, 0.15) is 18.5 Å². The fraction of sp³-hybridized carbons (Fsp3) is 0.200. The molecule has 0 radical (unpaired) electrons. The van der Waals surface area contributed by atoms with Crippen molar-refractivity contribution in [3.05, 3.63) is 70.9 Å². The lowest BCUT2D eigenvalue weighted by Gasteiger charge is -2.35. The lowest BCUT2D eigenvalue weighted by Crippen LogP contribution is -2.48. The van der Waals surface area contributed by atoms with Gasteiger partial charge in [-0.1, -0.05) is 6.07 Å². The molecular formula is C20H18F2N2O4. The number of allylic oxidation sites excluding steroid dienone is 1. The monoisotopic (exact) mass is 388 g/mol. The maximum Gasteiger partial charge on any atom is 0.337 e. The van der Waals surface area contributed by atoms with Gasteiger partial charge in [-0.05, 0) is 48.9 Å². The van der Waals surface area contributed by atoms with E-state index in [1.807, 2.05) is 0 Å². The smallest absolute Gasteiger partial charge is 0.337 e. The summed E-state index contributed by atoms with van der Waals surface area (Å²) in [7, 11) is 2.73. The van der Waals surface area contributed by atoms with Gasteiger partial charge in [0.2, 0.25) is 0 Å². The van der Waals surface area contributed by atoms with Crippen LogP contribution < -0.4 is 15.0 Å². The Kier molecular flexibility index (Phi) is 5.30. The van der Waals surface area contributed by atoms with Crippen molar-refractivity contribution in [2.75, 3.05) is 19.1 Å². The molecule has 0 spiro atoms. The van der Waals surface area contributed by atoms with Crippen LogP contribution in [0.2, 0.25) is 0 Å². The van der Waals surface area contributed by atoms with Crippen molar-refractivity contribution >= 4 is 17.7 Å². The average molecular weight is 388 g/mol. The highest BCUT2D eigenvalue weighted by Crippen LogP contribution is 2.34. The van der Waals surface area contributed by atoms with E-state index in [1.54, 1.807) is 31.2 Å². The van der Waals surface area contributed by atoms with E-state index in [9.17, 15) is 18.4 Å². The molecule has 2 amide bonds. The van der Waals surface area contributed by atoms with Gasteiger partial charge in [-0.3, -0.25) is 4.90 Å². The molecule has 0 unspecified atom stereocenters. The number of carbonyl (C=O) groups excluding carboxylic acids is 2. The minimum Gasteiger partial charge on any atom is -0.497 e. The Morgan fingerprint density at radius 3 is 2.32 bits per heavy atom. The van der Waals surface area contributed by atoms with E-state index in [0.29, 0.717) is 17.1 Å². The van der Waals surface area contributed by atoms with Crippen molar-refractivity contribution in [3.8, 4) is 5.75 Å². The van der Waals surface area contributed by atoms with Crippen molar-refractivity contribution in [1.29, 1.82) is 0 Å². The fourth-order valence-corrected chi connectivity index (χ4v) is 3.10. The second kappa shape index (κ2) is 7.67. The normalized spacial score (nSPS) is 16.7. The molecule has 6 nitrogen and oxygen atoms in total. The molecule has 0 saturated heterocycles. The average Bonchev–Trinajstić information content (AvgIpc) is 2.69. The zero-order valence-electron chi connectivity index (χ0n) is 15.5. The predicted molar refractivity (Wildman–Crippen MR) is 97.8 cm³/mol. The number of urea groups is 1. The number of benzene rings is 2. The van der Waals surface area contributed by atoms with Crippen LogP contribution in [0.4, 0.5) is 19.3 Å². The van der Waals surface area contributed by atoms with Crippen molar-refractivity contribution in [2.24, 2.45) is 0 Å². The van der Waals surface area contributed by atoms with Crippen LogP contribution >= 0.6 is 0 Å². The number of hydrogen-bond donors (Lipinski definition) is 1. The van der Waals surface area contributed by atoms with E-state index in [-0.39, 0.29) is 11.1 Å². The number of hydrogen-bond acceptors (Lipinski definition) is 4. The van der Waals surface area contributed by atoms with Gasteiger partial charge < -0.3 is 14.8 Å². The summed E-state index contributed by atoms with van der Waals surface area (Å²) in [6, 6.07) is 8.36. The van der Waals surface area contributed by atoms with E-state index in [4.69, 9.17) is 9.47 Å². The van der Waals surface area contributed by atoms with Gasteiger partial charge in [0.05, 0.1) is 31.5 Å². The Morgan fingerprint density at radius 1 is 1.07 bits per heavy atom.